The van der Waals surface area contributed by atoms with Gasteiger partial charge in [0.2, 0.25) is 11.8 Å². The number of benzene rings is 2. The molecule has 0 bridgehead atoms. The third-order valence-corrected chi connectivity index (χ3v) is 3.96. The molecular formula is C21H24N2O4. The zero-order valence-corrected chi connectivity index (χ0v) is 16.0. The van der Waals surface area contributed by atoms with Gasteiger partial charge in [-0.1, -0.05) is 45.0 Å². The highest BCUT2D eigenvalue weighted by atomic mass is 16.5. The molecule has 2 rings (SSSR count). The fourth-order valence-corrected chi connectivity index (χ4v) is 2.48. The second kappa shape index (κ2) is 8.49. The van der Waals surface area contributed by atoms with Crippen molar-refractivity contribution in [1.82, 2.24) is 0 Å². The molecule has 0 aliphatic heterocycles. The van der Waals surface area contributed by atoms with Gasteiger partial charge in [0.15, 0.2) is 0 Å². The molecule has 2 aromatic carbocycles. The second-order valence-corrected chi connectivity index (χ2v) is 7.14. The Balaban J connectivity index is 1.97. The first-order chi connectivity index (χ1) is 12.7. The summed E-state index contributed by atoms with van der Waals surface area (Å²) in [4.78, 5) is 36.0. The molecular weight excluding hydrogens is 344 g/mol. The van der Waals surface area contributed by atoms with Gasteiger partial charge in [0.25, 0.3) is 0 Å². The van der Waals surface area contributed by atoms with E-state index in [4.69, 9.17) is 0 Å². The number of hydrogen-bond acceptors (Lipinski definition) is 4. The third kappa shape index (κ3) is 5.67. The molecule has 0 radical (unpaired) electrons. The highest BCUT2D eigenvalue weighted by Gasteiger charge is 2.16. The van der Waals surface area contributed by atoms with Crippen molar-refractivity contribution in [3.05, 3.63) is 59.7 Å². The van der Waals surface area contributed by atoms with Gasteiger partial charge in [0.05, 0.1) is 18.4 Å². The zero-order valence-electron chi connectivity index (χ0n) is 16.0. The number of amides is 2. The lowest BCUT2D eigenvalue weighted by Crippen LogP contribution is -2.22. The number of ether oxygens (including phenoxy) is 1. The van der Waals surface area contributed by atoms with Gasteiger partial charge in [-0.3, -0.25) is 9.59 Å². The molecule has 0 aromatic heterocycles. The molecule has 0 atom stereocenters. The Labute approximate surface area is 158 Å². The van der Waals surface area contributed by atoms with Crippen LogP contribution < -0.4 is 10.6 Å². The summed E-state index contributed by atoms with van der Waals surface area (Å²) in [7, 11) is 1.26. The molecule has 2 amide bonds. The Morgan fingerprint density at radius 1 is 0.889 bits per heavy atom. The van der Waals surface area contributed by atoms with Crippen molar-refractivity contribution in [3.8, 4) is 0 Å². The van der Waals surface area contributed by atoms with E-state index in [1.54, 1.807) is 18.2 Å². The van der Waals surface area contributed by atoms with Crippen LogP contribution in [0, 0.1) is 0 Å². The van der Waals surface area contributed by atoms with Crippen molar-refractivity contribution in [3.63, 3.8) is 0 Å². The van der Waals surface area contributed by atoms with Crippen molar-refractivity contribution >= 4 is 29.2 Å². The number of para-hydroxylation sites is 1. The number of nitrogens with one attached hydrogen (secondary N) is 2. The molecule has 0 aliphatic rings. The van der Waals surface area contributed by atoms with Gasteiger partial charge >= 0.3 is 5.97 Å². The minimum atomic E-state index is -0.561. The first kappa shape index (κ1) is 20.2. The zero-order chi connectivity index (χ0) is 20.0. The number of carbonyl (C=O) groups excluding carboxylic acids is 3. The SMILES string of the molecule is COC(=O)c1ccccc1NC(=O)CC(=O)Nc1ccc(C(C)(C)C)cc1. The molecule has 0 spiro atoms. The Kier molecular flexibility index (Phi) is 6.34. The standard InChI is InChI=1S/C21H24N2O4/c1-21(2,3)14-9-11-15(12-10-14)22-18(24)13-19(25)23-17-8-6-5-7-16(17)20(26)27-4/h5-12H,13H2,1-4H3,(H,22,24)(H,23,25). The Morgan fingerprint density at radius 3 is 2.07 bits per heavy atom. The Morgan fingerprint density at radius 2 is 1.48 bits per heavy atom. The van der Waals surface area contributed by atoms with Crippen LogP contribution in [0.25, 0.3) is 0 Å². The lowest BCUT2D eigenvalue weighted by Gasteiger charge is -2.19. The first-order valence-corrected chi connectivity index (χ1v) is 8.58. The van der Waals surface area contributed by atoms with Gasteiger partial charge in [-0.15, -0.1) is 0 Å². The molecule has 0 aliphatic carbocycles. The first-order valence-electron chi connectivity index (χ1n) is 8.58. The van der Waals surface area contributed by atoms with Gasteiger partial charge in [-0.25, -0.2) is 4.79 Å². The summed E-state index contributed by atoms with van der Waals surface area (Å²) in [5, 5.41) is 5.27. The number of hydrogen-bond donors (Lipinski definition) is 2. The normalized spacial score (nSPS) is 10.8. The topological polar surface area (TPSA) is 84.5 Å². The Hall–Kier alpha value is -3.15. The average molecular weight is 368 g/mol. The fourth-order valence-electron chi connectivity index (χ4n) is 2.48. The molecule has 6 heteroatoms. The fraction of sp³-hybridized carbons (Fsp3) is 0.286. The quantitative estimate of drug-likeness (QED) is 0.622. The van der Waals surface area contributed by atoms with Crippen LogP contribution in [-0.4, -0.2) is 24.9 Å². The molecule has 2 N–H and O–H groups in total. The van der Waals surface area contributed by atoms with E-state index in [1.807, 2.05) is 24.3 Å². The van der Waals surface area contributed by atoms with Crippen molar-refractivity contribution in [2.45, 2.75) is 32.6 Å². The van der Waals surface area contributed by atoms with Crippen LogP contribution in [0.4, 0.5) is 11.4 Å². The number of carbonyl (C=O) groups is 3. The summed E-state index contributed by atoms with van der Waals surface area (Å²) in [6, 6.07) is 14.0. The summed E-state index contributed by atoms with van der Waals surface area (Å²) in [6.45, 7) is 6.32. The van der Waals surface area contributed by atoms with Gasteiger partial charge in [0, 0.05) is 5.69 Å². The smallest absolute Gasteiger partial charge is 0.339 e. The van der Waals surface area contributed by atoms with Crippen molar-refractivity contribution in [2.75, 3.05) is 17.7 Å². The maximum atomic E-state index is 12.1. The lowest BCUT2D eigenvalue weighted by atomic mass is 9.87. The van der Waals surface area contributed by atoms with E-state index < -0.39 is 17.8 Å². The van der Waals surface area contributed by atoms with E-state index in [0.29, 0.717) is 11.4 Å². The molecule has 0 saturated carbocycles. The second-order valence-electron chi connectivity index (χ2n) is 7.14. The number of methoxy groups -OCH3 is 1. The molecule has 2 aromatic rings. The monoisotopic (exact) mass is 368 g/mol. The summed E-state index contributed by atoms with van der Waals surface area (Å²) in [5.74, 6) is -1.52. The number of rotatable bonds is 5. The van der Waals surface area contributed by atoms with Gasteiger partial charge < -0.3 is 15.4 Å². The van der Waals surface area contributed by atoms with E-state index in [0.717, 1.165) is 5.56 Å². The lowest BCUT2D eigenvalue weighted by molar-refractivity contribution is -0.123. The van der Waals surface area contributed by atoms with Crippen LogP contribution >= 0.6 is 0 Å². The van der Waals surface area contributed by atoms with E-state index in [2.05, 4.69) is 36.1 Å². The molecule has 0 fully saturated rings. The predicted molar refractivity (Wildman–Crippen MR) is 105 cm³/mol. The number of esters is 1. The summed E-state index contributed by atoms with van der Waals surface area (Å²) in [5.41, 5.74) is 2.33. The average Bonchev–Trinajstić information content (AvgIpc) is 2.61. The van der Waals surface area contributed by atoms with E-state index >= 15 is 0 Å². The van der Waals surface area contributed by atoms with Crippen molar-refractivity contribution < 1.29 is 19.1 Å². The van der Waals surface area contributed by atoms with E-state index in [-0.39, 0.29) is 17.4 Å². The molecule has 6 nitrogen and oxygen atoms in total. The molecule has 0 saturated heterocycles. The maximum absolute atomic E-state index is 12.1. The van der Waals surface area contributed by atoms with Crippen LogP contribution in [0.2, 0.25) is 0 Å². The van der Waals surface area contributed by atoms with Gasteiger partial charge in [0.1, 0.15) is 6.42 Å². The highest BCUT2D eigenvalue weighted by molar-refractivity contribution is 6.09. The minimum Gasteiger partial charge on any atom is -0.465 e. The molecule has 142 valence electrons. The predicted octanol–water partition coefficient (Wildman–Crippen LogP) is 3.74. The molecule has 0 heterocycles. The maximum Gasteiger partial charge on any atom is 0.339 e. The van der Waals surface area contributed by atoms with Gasteiger partial charge in [-0.05, 0) is 35.2 Å². The largest absolute Gasteiger partial charge is 0.465 e. The van der Waals surface area contributed by atoms with Crippen LogP contribution in [0.5, 0.6) is 0 Å². The van der Waals surface area contributed by atoms with Crippen LogP contribution in [0.1, 0.15) is 43.1 Å². The van der Waals surface area contributed by atoms with Gasteiger partial charge in [-0.2, -0.15) is 0 Å². The molecule has 0 unspecified atom stereocenters. The van der Waals surface area contributed by atoms with E-state index in [1.165, 1.54) is 13.2 Å². The van der Waals surface area contributed by atoms with Crippen molar-refractivity contribution in [2.24, 2.45) is 0 Å². The summed E-state index contributed by atoms with van der Waals surface area (Å²) < 4.78 is 4.68. The van der Waals surface area contributed by atoms with Crippen molar-refractivity contribution in [1.29, 1.82) is 0 Å². The minimum absolute atomic E-state index is 0.0233. The molecule has 27 heavy (non-hydrogen) atoms. The van der Waals surface area contributed by atoms with E-state index in [9.17, 15) is 14.4 Å². The van der Waals surface area contributed by atoms with Crippen LogP contribution in [0.3, 0.4) is 0 Å². The summed E-state index contributed by atoms with van der Waals surface area (Å²) >= 11 is 0. The highest BCUT2D eigenvalue weighted by Crippen LogP contribution is 2.23. The van der Waals surface area contributed by atoms with Crippen LogP contribution in [-0.2, 0) is 19.7 Å². The third-order valence-electron chi connectivity index (χ3n) is 3.96. The summed E-state index contributed by atoms with van der Waals surface area (Å²) in [6.07, 6.45) is -0.365. The number of anilines is 2. The van der Waals surface area contributed by atoms with Crippen LogP contribution in [0.15, 0.2) is 48.5 Å². The Bertz CT molecular complexity index is 836.